The number of hydrogen-bond donors (Lipinski definition) is 2. The number of primary amides is 1. The zero-order chi connectivity index (χ0) is 8.43. The first-order valence-electron chi connectivity index (χ1n) is 3.63. The molecule has 0 bridgehead atoms. The van der Waals surface area contributed by atoms with Crippen molar-refractivity contribution in [3.8, 4) is 0 Å². The van der Waals surface area contributed by atoms with Crippen molar-refractivity contribution in [2.45, 2.75) is 19.3 Å². The Labute approximate surface area is 64.4 Å². The highest BCUT2D eigenvalue weighted by atomic mass is 16.4. The normalized spacial score (nSPS) is 30.2. The van der Waals surface area contributed by atoms with E-state index in [2.05, 4.69) is 0 Å². The van der Waals surface area contributed by atoms with Crippen molar-refractivity contribution in [2.24, 2.45) is 17.6 Å². The lowest BCUT2D eigenvalue weighted by atomic mass is 10.1. The van der Waals surface area contributed by atoms with E-state index in [4.69, 9.17) is 10.8 Å². The number of carbonyl (C=O) groups excluding carboxylic acids is 1. The summed E-state index contributed by atoms with van der Waals surface area (Å²) in [6.07, 6.45) is 1.64. The molecule has 1 fully saturated rings. The molecule has 1 saturated carbocycles. The Balaban J connectivity index is 2.47. The Hall–Kier alpha value is -1.06. The van der Waals surface area contributed by atoms with Crippen LogP contribution in [0.4, 0.5) is 0 Å². The molecule has 1 rings (SSSR count). The number of rotatable bonds is 2. The molecule has 0 saturated heterocycles. The monoisotopic (exact) mass is 157 g/mol. The van der Waals surface area contributed by atoms with Gasteiger partial charge in [-0.3, -0.25) is 9.59 Å². The van der Waals surface area contributed by atoms with Crippen molar-refractivity contribution in [2.75, 3.05) is 0 Å². The van der Waals surface area contributed by atoms with Gasteiger partial charge in [-0.25, -0.2) is 0 Å². The second kappa shape index (κ2) is 2.90. The lowest BCUT2D eigenvalue weighted by molar-refractivity contribution is -0.141. The molecule has 4 heteroatoms. The summed E-state index contributed by atoms with van der Waals surface area (Å²) >= 11 is 0. The predicted octanol–water partition coefficient (Wildman–Crippen LogP) is -0.0274. The molecule has 1 aliphatic carbocycles. The maximum absolute atomic E-state index is 10.6. The molecule has 2 atom stereocenters. The van der Waals surface area contributed by atoms with E-state index in [9.17, 15) is 9.59 Å². The smallest absolute Gasteiger partial charge is 0.306 e. The molecule has 1 amide bonds. The van der Waals surface area contributed by atoms with Crippen LogP contribution in [0.1, 0.15) is 19.3 Å². The Bertz CT molecular complexity index is 170. The van der Waals surface area contributed by atoms with Crippen LogP contribution < -0.4 is 5.73 Å². The maximum atomic E-state index is 10.6. The number of carboxylic acid groups (broad SMARTS) is 1. The zero-order valence-corrected chi connectivity index (χ0v) is 6.12. The summed E-state index contributed by atoms with van der Waals surface area (Å²) in [7, 11) is 0. The van der Waals surface area contributed by atoms with Crippen LogP contribution in [0.25, 0.3) is 0 Å². The fourth-order valence-corrected chi connectivity index (χ4v) is 1.46. The largest absolute Gasteiger partial charge is 0.481 e. The first-order valence-corrected chi connectivity index (χ1v) is 3.63. The van der Waals surface area contributed by atoms with Crippen molar-refractivity contribution in [3.05, 3.63) is 0 Å². The molecule has 62 valence electrons. The molecule has 0 aromatic carbocycles. The summed E-state index contributed by atoms with van der Waals surface area (Å²) in [6.45, 7) is 0. The van der Waals surface area contributed by atoms with Gasteiger partial charge in [0.15, 0.2) is 0 Å². The van der Waals surface area contributed by atoms with Gasteiger partial charge in [0.2, 0.25) is 5.91 Å². The Morgan fingerprint density at radius 3 is 2.09 bits per heavy atom. The molecule has 0 radical (unpaired) electrons. The van der Waals surface area contributed by atoms with E-state index in [0.29, 0.717) is 19.3 Å². The van der Waals surface area contributed by atoms with Crippen molar-refractivity contribution >= 4 is 11.9 Å². The van der Waals surface area contributed by atoms with E-state index in [1.165, 1.54) is 0 Å². The lowest BCUT2D eigenvalue weighted by Gasteiger charge is -2.02. The van der Waals surface area contributed by atoms with Crippen molar-refractivity contribution < 1.29 is 14.7 Å². The standard InChI is InChI=1S/C7H11NO3/c8-6(9)4-1-2-5(3-4)7(10)11/h4-5H,1-3H2,(H2,8,9)(H,10,11)/t4-,5?/m0/s1. The van der Waals surface area contributed by atoms with Gasteiger partial charge >= 0.3 is 5.97 Å². The molecule has 0 aromatic rings. The lowest BCUT2D eigenvalue weighted by Crippen LogP contribution is -2.21. The first-order chi connectivity index (χ1) is 5.11. The molecule has 1 unspecified atom stereocenters. The molecular weight excluding hydrogens is 146 g/mol. The Kier molecular flexibility index (Phi) is 2.12. The van der Waals surface area contributed by atoms with Crippen LogP contribution in [0.3, 0.4) is 0 Å². The van der Waals surface area contributed by atoms with Crippen molar-refractivity contribution in [1.82, 2.24) is 0 Å². The zero-order valence-electron chi connectivity index (χ0n) is 6.12. The predicted molar refractivity (Wildman–Crippen MR) is 37.7 cm³/mol. The maximum Gasteiger partial charge on any atom is 0.306 e. The fourth-order valence-electron chi connectivity index (χ4n) is 1.46. The Morgan fingerprint density at radius 1 is 1.27 bits per heavy atom. The number of carboxylic acids is 1. The topological polar surface area (TPSA) is 80.4 Å². The molecule has 1 aliphatic rings. The molecule has 11 heavy (non-hydrogen) atoms. The summed E-state index contributed by atoms with van der Waals surface area (Å²) in [5.74, 6) is -1.74. The van der Waals surface area contributed by atoms with Gasteiger partial charge in [0.1, 0.15) is 0 Å². The van der Waals surface area contributed by atoms with E-state index < -0.39 is 5.97 Å². The molecular formula is C7H11NO3. The molecule has 3 N–H and O–H groups in total. The number of carbonyl (C=O) groups is 2. The average Bonchev–Trinajstić information content (AvgIpc) is 2.33. The highest BCUT2D eigenvalue weighted by Gasteiger charge is 2.32. The van der Waals surface area contributed by atoms with E-state index in [0.717, 1.165) is 0 Å². The minimum atomic E-state index is -0.811. The minimum Gasteiger partial charge on any atom is -0.481 e. The summed E-state index contributed by atoms with van der Waals surface area (Å²) in [5.41, 5.74) is 5.03. The van der Waals surface area contributed by atoms with E-state index >= 15 is 0 Å². The summed E-state index contributed by atoms with van der Waals surface area (Å²) in [6, 6.07) is 0. The van der Waals surface area contributed by atoms with Crippen LogP contribution in [-0.4, -0.2) is 17.0 Å². The first kappa shape index (κ1) is 8.04. The highest BCUT2D eigenvalue weighted by Crippen LogP contribution is 2.30. The van der Waals surface area contributed by atoms with Gasteiger partial charge in [-0.05, 0) is 19.3 Å². The van der Waals surface area contributed by atoms with Crippen LogP contribution in [-0.2, 0) is 9.59 Å². The fraction of sp³-hybridized carbons (Fsp3) is 0.714. The van der Waals surface area contributed by atoms with Gasteiger partial charge in [-0.15, -0.1) is 0 Å². The van der Waals surface area contributed by atoms with Crippen LogP contribution in [0.5, 0.6) is 0 Å². The van der Waals surface area contributed by atoms with Crippen LogP contribution >= 0.6 is 0 Å². The Morgan fingerprint density at radius 2 is 1.82 bits per heavy atom. The minimum absolute atomic E-state index is 0.212. The van der Waals surface area contributed by atoms with E-state index in [1.807, 2.05) is 0 Å². The number of hydrogen-bond acceptors (Lipinski definition) is 2. The summed E-state index contributed by atoms with van der Waals surface area (Å²) < 4.78 is 0. The van der Waals surface area contributed by atoms with Gasteiger partial charge < -0.3 is 10.8 Å². The van der Waals surface area contributed by atoms with Crippen molar-refractivity contribution in [1.29, 1.82) is 0 Å². The third-order valence-corrected chi connectivity index (χ3v) is 2.18. The van der Waals surface area contributed by atoms with Gasteiger partial charge in [0.25, 0.3) is 0 Å². The van der Waals surface area contributed by atoms with Crippen molar-refractivity contribution in [3.63, 3.8) is 0 Å². The number of nitrogens with two attached hydrogens (primary N) is 1. The molecule has 0 heterocycles. The quantitative estimate of drug-likeness (QED) is 0.590. The SMILES string of the molecule is NC(=O)[C@H]1CCC(C(=O)O)C1. The van der Waals surface area contributed by atoms with Crippen LogP contribution in [0, 0.1) is 11.8 Å². The second-order valence-corrected chi connectivity index (χ2v) is 2.95. The van der Waals surface area contributed by atoms with Gasteiger partial charge in [0.05, 0.1) is 5.92 Å². The summed E-state index contributed by atoms with van der Waals surface area (Å²) in [5, 5.41) is 8.56. The number of amides is 1. The second-order valence-electron chi connectivity index (χ2n) is 2.95. The molecule has 4 nitrogen and oxygen atoms in total. The van der Waals surface area contributed by atoms with Gasteiger partial charge in [-0.2, -0.15) is 0 Å². The van der Waals surface area contributed by atoms with Crippen LogP contribution in [0.15, 0.2) is 0 Å². The van der Waals surface area contributed by atoms with E-state index in [1.54, 1.807) is 0 Å². The third kappa shape index (κ3) is 1.69. The average molecular weight is 157 g/mol. The number of aliphatic carboxylic acids is 1. The molecule has 0 aromatic heterocycles. The molecule has 0 spiro atoms. The molecule has 0 aliphatic heterocycles. The third-order valence-electron chi connectivity index (χ3n) is 2.18. The van der Waals surface area contributed by atoms with Crippen LogP contribution in [0.2, 0.25) is 0 Å². The highest BCUT2D eigenvalue weighted by molar-refractivity contribution is 5.79. The van der Waals surface area contributed by atoms with Gasteiger partial charge in [0, 0.05) is 5.92 Å². The summed E-state index contributed by atoms with van der Waals surface area (Å²) in [4.78, 5) is 21.0. The van der Waals surface area contributed by atoms with E-state index in [-0.39, 0.29) is 17.7 Å². The van der Waals surface area contributed by atoms with Gasteiger partial charge in [-0.1, -0.05) is 0 Å².